The highest BCUT2D eigenvalue weighted by Crippen LogP contribution is 2.23. The molecule has 0 heterocycles. The first kappa shape index (κ1) is 22.3. The largest absolute Gasteiger partial charge is 0.449 e. The number of rotatable bonds is 7. The number of amides is 3. The summed E-state index contributed by atoms with van der Waals surface area (Å²) in [6.07, 6.45) is -1.33. The average Bonchev–Trinajstić information content (AvgIpc) is 2.66. The monoisotopic (exact) mass is 439 g/mol. The Morgan fingerprint density at radius 2 is 1.79 bits per heavy atom. The number of imide groups is 1. The van der Waals surface area contributed by atoms with Crippen LogP contribution in [0.3, 0.4) is 0 Å². The molecule has 11 heteroatoms. The first-order valence-corrected chi connectivity index (χ1v) is 10.1. The smallest absolute Gasteiger partial charge is 0.338 e. The Hall–Kier alpha value is -2.95. The molecule has 0 fully saturated rings. The normalized spacial score (nSPS) is 12.1. The number of urea groups is 1. The average molecular weight is 440 g/mol. The van der Waals surface area contributed by atoms with Crippen molar-refractivity contribution in [1.82, 2.24) is 10.0 Å². The molecule has 29 heavy (non-hydrogen) atoms. The van der Waals surface area contributed by atoms with Crippen molar-refractivity contribution >= 4 is 39.5 Å². The molecule has 2 aromatic carbocycles. The van der Waals surface area contributed by atoms with Crippen LogP contribution in [-0.2, 0) is 26.1 Å². The topological polar surface area (TPSA) is 145 Å². The lowest BCUT2D eigenvalue weighted by molar-refractivity contribution is -0.127. The number of carbonyl (C=O) groups excluding carboxylic acids is 3. The van der Waals surface area contributed by atoms with Crippen LogP contribution in [0.4, 0.5) is 4.79 Å². The van der Waals surface area contributed by atoms with E-state index in [2.05, 4.69) is 4.72 Å². The van der Waals surface area contributed by atoms with E-state index in [9.17, 15) is 22.8 Å². The summed E-state index contributed by atoms with van der Waals surface area (Å²) >= 11 is 5.99. The second-order valence-electron chi connectivity index (χ2n) is 5.86. The lowest BCUT2D eigenvalue weighted by Crippen LogP contribution is -2.42. The van der Waals surface area contributed by atoms with Gasteiger partial charge in [-0.2, -0.15) is 0 Å². The van der Waals surface area contributed by atoms with Crippen molar-refractivity contribution in [2.45, 2.75) is 24.5 Å². The quantitative estimate of drug-likeness (QED) is 0.558. The van der Waals surface area contributed by atoms with Crippen LogP contribution >= 0.6 is 11.6 Å². The van der Waals surface area contributed by atoms with Crippen molar-refractivity contribution in [2.24, 2.45) is 5.73 Å². The van der Waals surface area contributed by atoms with E-state index in [0.717, 1.165) is 11.6 Å². The number of primary amides is 1. The van der Waals surface area contributed by atoms with Crippen LogP contribution in [0.2, 0.25) is 5.02 Å². The van der Waals surface area contributed by atoms with Gasteiger partial charge in [0.2, 0.25) is 10.0 Å². The zero-order valence-electron chi connectivity index (χ0n) is 15.2. The molecule has 154 valence electrons. The van der Waals surface area contributed by atoms with Gasteiger partial charge in [0, 0.05) is 6.54 Å². The summed E-state index contributed by atoms with van der Waals surface area (Å²) in [5, 5.41) is 1.68. The molecule has 0 radical (unpaired) electrons. The Kier molecular flexibility index (Phi) is 7.32. The fourth-order valence-electron chi connectivity index (χ4n) is 2.19. The van der Waals surface area contributed by atoms with E-state index in [-0.39, 0.29) is 22.0 Å². The Morgan fingerprint density at radius 1 is 1.14 bits per heavy atom. The van der Waals surface area contributed by atoms with Gasteiger partial charge in [-0.3, -0.25) is 10.1 Å². The highest BCUT2D eigenvalue weighted by atomic mass is 35.5. The van der Waals surface area contributed by atoms with Gasteiger partial charge < -0.3 is 10.5 Å². The molecule has 2 aromatic rings. The summed E-state index contributed by atoms with van der Waals surface area (Å²) in [6.45, 7) is 1.25. The standard InChI is InChI=1S/C18H18ClN3O6S/c1-11(16(23)22-18(20)25)28-17(24)13-7-8-14(19)15(9-13)29(26,27)21-10-12-5-3-2-4-6-12/h2-9,11,21H,10H2,1H3,(H3,20,22,23,25)/t11-/m0/s1. The van der Waals surface area contributed by atoms with E-state index in [1.807, 2.05) is 0 Å². The van der Waals surface area contributed by atoms with Crippen LogP contribution in [-0.4, -0.2) is 32.4 Å². The number of carbonyl (C=O) groups is 3. The Bertz CT molecular complexity index is 1030. The van der Waals surface area contributed by atoms with E-state index in [0.29, 0.717) is 0 Å². The minimum absolute atomic E-state index is 0.0263. The van der Waals surface area contributed by atoms with Gasteiger partial charge >= 0.3 is 12.0 Å². The van der Waals surface area contributed by atoms with Crippen LogP contribution < -0.4 is 15.8 Å². The second-order valence-corrected chi connectivity index (χ2v) is 8.00. The number of esters is 1. The highest BCUT2D eigenvalue weighted by molar-refractivity contribution is 7.89. The van der Waals surface area contributed by atoms with Crippen LogP contribution in [0, 0.1) is 0 Å². The number of benzene rings is 2. The molecule has 0 aromatic heterocycles. The van der Waals surface area contributed by atoms with Gasteiger partial charge in [-0.1, -0.05) is 41.9 Å². The number of hydrogen-bond donors (Lipinski definition) is 3. The molecule has 0 spiro atoms. The summed E-state index contributed by atoms with van der Waals surface area (Å²) < 4.78 is 32.5. The van der Waals surface area contributed by atoms with E-state index < -0.39 is 34.0 Å². The lowest BCUT2D eigenvalue weighted by Gasteiger charge is -2.13. The third kappa shape index (κ3) is 6.28. The molecule has 0 bridgehead atoms. The third-order valence-electron chi connectivity index (χ3n) is 3.67. The van der Waals surface area contributed by atoms with Crippen molar-refractivity contribution < 1.29 is 27.5 Å². The van der Waals surface area contributed by atoms with Crippen molar-refractivity contribution in [3.63, 3.8) is 0 Å². The fourth-order valence-corrected chi connectivity index (χ4v) is 3.73. The molecule has 3 amide bonds. The summed E-state index contributed by atoms with van der Waals surface area (Å²) in [7, 11) is -4.04. The third-order valence-corrected chi connectivity index (χ3v) is 5.55. The number of halogens is 1. The summed E-state index contributed by atoms with van der Waals surface area (Å²) in [5.41, 5.74) is 5.42. The molecule has 0 unspecified atom stereocenters. The molecule has 0 aliphatic heterocycles. The summed E-state index contributed by atoms with van der Waals surface area (Å²) in [6, 6.07) is 11.2. The van der Waals surface area contributed by atoms with Crippen LogP contribution in [0.1, 0.15) is 22.8 Å². The minimum atomic E-state index is -4.04. The number of ether oxygens (including phenoxy) is 1. The molecule has 9 nitrogen and oxygen atoms in total. The summed E-state index contributed by atoms with van der Waals surface area (Å²) in [4.78, 5) is 34.2. The molecule has 0 saturated heterocycles. The molecular formula is C18H18ClN3O6S. The van der Waals surface area contributed by atoms with Crippen LogP contribution in [0.15, 0.2) is 53.4 Å². The fraction of sp³-hybridized carbons (Fsp3) is 0.167. The van der Waals surface area contributed by atoms with E-state index >= 15 is 0 Å². The first-order valence-electron chi connectivity index (χ1n) is 8.24. The van der Waals surface area contributed by atoms with Gasteiger partial charge in [-0.05, 0) is 30.7 Å². The molecule has 2 rings (SSSR count). The van der Waals surface area contributed by atoms with E-state index in [1.165, 1.54) is 19.1 Å². The number of nitrogens with two attached hydrogens (primary N) is 1. The van der Waals surface area contributed by atoms with Crippen molar-refractivity contribution in [2.75, 3.05) is 0 Å². The first-order chi connectivity index (χ1) is 13.6. The second kappa shape index (κ2) is 9.50. The molecule has 1 atom stereocenters. The van der Waals surface area contributed by atoms with E-state index in [4.69, 9.17) is 22.1 Å². The van der Waals surface area contributed by atoms with Gasteiger partial charge in [0.15, 0.2) is 6.10 Å². The zero-order valence-corrected chi connectivity index (χ0v) is 16.8. The Labute approximate surface area is 172 Å². The Morgan fingerprint density at radius 3 is 2.41 bits per heavy atom. The highest BCUT2D eigenvalue weighted by Gasteiger charge is 2.23. The van der Waals surface area contributed by atoms with Crippen LogP contribution in [0.25, 0.3) is 0 Å². The van der Waals surface area contributed by atoms with Gasteiger partial charge in [0.05, 0.1) is 10.6 Å². The zero-order chi connectivity index (χ0) is 21.6. The van der Waals surface area contributed by atoms with Gasteiger partial charge in [0.1, 0.15) is 4.90 Å². The Balaban J connectivity index is 2.16. The molecule has 4 N–H and O–H groups in total. The predicted octanol–water partition coefficient (Wildman–Crippen LogP) is 1.56. The van der Waals surface area contributed by atoms with Crippen molar-refractivity contribution in [1.29, 1.82) is 0 Å². The lowest BCUT2D eigenvalue weighted by atomic mass is 10.2. The molecule has 0 aliphatic carbocycles. The predicted molar refractivity (Wildman–Crippen MR) is 105 cm³/mol. The SMILES string of the molecule is C[C@H](OC(=O)c1ccc(Cl)c(S(=O)(=O)NCc2ccccc2)c1)C(=O)NC(N)=O. The maximum atomic E-state index is 12.6. The molecular weight excluding hydrogens is 422 g/mol. The number of hydrogen-bond acceptors (Lipinski definition) is 6. The van der Waals surface area contributed by atoms with Gasteiger partial charge in [-0.25, -0.2) is 22.7 Å². The number of sulfonamides is 1. The molecule has 0 aliphatic rings. The maximum Gasteiger partial charge on any atom is 0.338 e. The van der Waals surface area contributed by atoms with E-state index in [1.54, 1.807) is 35.6 Å². The number of nitrogens with one attached hydrogen (secondary N) is 2. The maximum absolute atomic E-state index is 12.6. The minimum Gasteiger partial charge on any atom is -0.449 e. The van der Waals surface area contributed by atoms with Gasteiger partial charge in [0.25, 0.3) is 5.91 Å². The molecule has 0 saturated carbocycles. The summed E-state index contributed by atoms with van der Waals surface area (Å²) in [5.74, 6) is -1.90. The van der Waals surface area contributed by atoms with Crippen molar-refractivity contribution in [3.05, 3.63) is 64.7 Å². The van der Waals surface area contributed by atoms with Crippen molar-refractivity contribution in [3.8, 4) is 0 Å². The van der Waals surface area contributed by atoms with Crippen LogP contribution in [0.5, 0.6) is 0 Å². The van der Waals surface area contributed by atoms with Gasteiger partial charge in [-0.15, -0.1) is 0 Å².